The van der Waals surface area contributed by atoms with Crippen molar-refractivity contribution >= 4 is 35.9 Å². The number of piperidine rings is 1. The van der Waals surface area contributed by atoms with Gasteiger partial charge in [0.15, 0.2) is 5.82 Å². The maximum atomic E-state index is 13.9. The molecule has 5 heterocycles. The number of carbonyl (C=O) groups excluding carboxylic acids is 2. The number of phenolic OH excluding ortho intramolecular Hbond substituents is 1. The highest BCUT2D eigenvalue weighted by Crippen LogP contribution is 2.42. The molecule has 12 heteroatoms. The highest BCUT2D eigenvalue weighted by atomic mass is 32.1. The molecular formula is C30H32FN7O3S. The van der Waals surface area contributed by atoms with Crippen LogP contribution in [-0.4, -0.2) is 68.1 Å². The average molecular weight is 590 g/mol. The van der Waals surface area contributed by atoms with Gasteiger partial charge in [0.25, 0.3) is 0 Å². The normalized spacial score (nSPS) is 26.0. The predicted octanol–water partition coefficient (Wildman–Crippen LogP) is 2.97. The van der Waals surface area contributed by atoms with E-state index in [1.54, 1.807) is 6.07 Å². The zero-order valence-corrected chi connectivity index (χ0v) is 23.8. The third-order valence-electron chi connectivity index (χ3n) is 9.22. The van der Waals surface area contributed by atoms with E-state index in [0.717, 1.165) is 43.7 Å². The summed E-state index contributed by atoms with van der Waals surface area (Å²) in [5.74, 6) is -0.689. The van der Waals surface area contributed by atoms with Crippen molar-refractivity contribution in [1.82, 2.24) is 25.3 Å². The molecule has 42 heavy (non-hydrogen) atoms. The summed E-state index contributed by atoms with van der Waals surface area (Å²) in [5.41, 5.74) is 11.2. The molecule has 3 aromatic rings. The van der Waals surface area contributed by atoms with Gasteiger partial charge in [-0.3, -0.25) is 24.7 Å². The summed E-state index contributed by atoms with van der Waals surface area (Å²) in [6.07, 6.45) is 2.96. The van der Waals surface area contributed by atoms with Gasteiger partial charge in [0.05, 0.1) is 22.8 Å². The molecule has 0 radical (unpaired) electrons. The molecule has 4 atom stereocenters. The van der Waals surface area contributed by atoms with Crippen molar-refractivity contribution in [3.63, 3.8) is 0 Å². The molecule has 10 nitrogen and oxygen atoms in total. The van der Waals surface area contributed by atoms with Crippen LogP contribution in [0, 0.1) is 5.82 Å². The van der Waals surface area contributed by atoms with E-state index in [-0.39, 0.29) is 34.5 Å². The third-order valence-corrected chi connectivity index (χ3v) is 9.79. The van der Waals surface area contributed by atoms with E-state index in [9.17, 15) is 19.1 Å². The smallest absolute Gasteiger partial charge is 0.243 e. The fraction of sp³-hybridized carbons (Fsp3) is 0.400. The lowest BCUT2D eigenvalue weighted by Crippen LogP contribution is -2.53. The van der Waals surface area contributed by atoms with Gasteiger partial charge in [0.1, 0.15) is 11.6 Å². The minimum atomic E-state index is -0.466. The summed E-state index contributed by atoms with van der Waals surface area (Å²) in [4.78, 5) is 31.2. The first-order valence-corrected chi connectivity index (χ1v) is 14.8. The van der Waals surface area contributed by atoms with E-state index in [0.29, 0.717) is 43.0 Å². The summed E-state index contributed by atoms with van der Waals surface area (Å²) >= 11 is 4.89. The summed E-state index contributed by atoms with van der Waals surface area (Å²) < 4.78 is 13.9. The van der Waals surface area contributed by atoms with Crippen molar-refractivity contribution in [2.45, 2.75) is 62.3 Å². The van der Waals surface area contributed by atoms with Crippen LogP contribution in [0.5, 0.6) is 5.75 Å². The number of aromatic nitrogens is 2. The van der Waals surface area contributed by atoms with Crippen LogP contribution in [0.15, 0.2) is 42.5 Å². The predicted molar refractivity (Wildman–Crippen MR) is 158 cm³/mol. The number of amides is 2. The number of benzene rings is 2. The lowest BCUT2D eigenvalue weighted by Gasteiger charge is -2.42. The number of hydrogen-bond acceptors (Lipinski definition) is 10. The van der Waals surface area contributed by atoms with E-state index in [2.05, 4.69) is 48.4 Å². The zero-order valence-electron chi connectivity index (χ0n) is 22.9. The van der Waals surface area contributed by atoms with Gasteiger partial charge in [-0.05, 0) is 60.2 Å². The van der Waals surface area contributed by atoms with Gasteiger partial charge in [-0.25, -0.2) is 4.39 Å². The number of nitrogens with zero attached hydrogens (tertiary/aromatic N) is 5. The number of halogens is 1. The first kappa shape index (κ1) is 27.1. The quantitative estimate of drug-likeness (QED) is 0.262. The minimum absolute atomic E-state index is 0.0682. The molecule has 3 saturated heterocycles. The molecule has 4 aliphatic heterocycles. The number of thiol groups is 1. The Kier molecular flexibility index (Phi) is 6.79. The van der Waals surface area contributed by atoms with Crippen LogP contribution in [0.25, 0.3) is 11.3 Å². The van der Waals surface area contributed by atoms with E-state index in [1.165, 1.54) is 29.3 Å². The fourth-order valence-electron chi connectivity index (χ4n) is 7.10. The van der Waals surface area contributed by atoms with E-state index < -0.39 is 5.82 Å². The van der Waals surface area contributed by atoms with Crippen LogP contribution in [0.4, 0.5) is 15.9 Å². The highest BCUT2D eigenvalue weighted by molar-refractivity contribution is 7.80. The Morgan fingerprint density at radius 3 is 2.62 bits per heavy atom. The Morgan fingerprint density at radius 2 is 1.86 bits per heavy atom. The molecule has 7 rings (SSSR count). The van der Waals surface area contributed by atoms with Gasteiger partial charge in [0.2, 0.25) is 11.8 Å². The van der Waals surface area contributed by atoms with Crippen LogP contribution in [0.3, 0.4) is 0 Å². The third kappa shape index (κ3) is 4.67. The molecule has 0 aliphatic carbocycles. The Morgan fingerprint density at radius 1 is 1.07 bits per heavy atom. The molecular weight excluding hydrogens is 557 g/mol. The molecule has 4 N–H and O–H groups in total. The van der Waals surface area contributed by atoms with Crippen LogP contribution in [0.1, 0.15) is 47.7 Å². The number of aromatic hydroxyl groups is 1. The highest BCUT2D eigenvalue weighted by Gasteiger charge is 2.43. The zero-order chi connectivity index (χ0) is 29.1. The molecule has 0 spiro atoms. The van der Waals surface area contributed by atoms with Gasteiger partial charge in [-0.15, -0.1) is 10.2 Å². The first-order valence-electron chi connectivity index (χ1n) is 14.3. The molecule has 1 aromatic heterocycles. The topological polar surface area (TPSA) is 128 Å². The number of carbonyl (C=O) groups is 2. The number of hydrogen-bond donors (Lipinski definition) is 4. The van der Waals surface area contributed by atoms with Crippen molar-refractivity contribution in [2.75, 3.05) is 23.7 Å². The maximum absolute atomic E-state index is 13.9. The molecule has 2 amide bonds. The van der Waals surface area contributed by atoms with E-state index in [4.69, 9.17) is 18.4 Å². The molecule has 2 aromatic carbocycles. The largest absolute Gasteiger partial charge is 0.507 e. The SMILES string of the molecule is Nc1nnc(-c2cc(F)ccc2O)cc1N1CC2CCC(C1)N2Cc1cccc2c1CN(C1CCC(=O)NC1=O)C2S. The fourth-order valence-corrected chi connectivity index (χ4v) is 7.58. The van der Waals surface area contributed by atoms with Crippen LogP contribution < -0.4 is 16.0 Å². The van der Waals surface area contributed by atoms with Crippen molar-refractivity contribution < 1.29 is 19.1 Å². The van der Waals surface area contributed by atoms with Crippen molar-refractivity contribution in [3.05, 3.63) is 65.0 Å². The Balaban J connectivity index is 1.10. The first-order chi connectivity index (χ1) is 20.3. The molecule has 2 bridgehead atoms. The van der Waals surface area contributed by atoms with Crippen LogP contribution in [-0.2, 0) is 22.7 Å². The van der Waals surface area contributed by atoms with Crippen LogP contribution >= 0.6 is 12.6 Å². The molecule has 0 saturated carbocycles. The number of anilines is 2. The van der Waals surface area contributed by atoms with Crippen molar-refractivity contribution in [1.29, 1.82) is 0 Å². The Labute approximate surface area is 248 Å². The van der Waals surface area contributed by atoms with E-state index in [1.807, 2.05) is 0 Å². The molecule has 4 unspecified atom stereocenters. The number of nitrogen functional groups attached to an aromatic ring is 1. The second-order valence-corrected chi connectivity index (χ2v) is 12.1. The number of phenols is 1. The second kappa shape index (κ2) is 10.5. The molecule has 218 valence electrons. The number of rotatable bonds is 5. The maximum Gasteiger partial charge on any atom is 0.243 e. The standard InChI is InChI=1S/C30H32FN7O3S/c31-17-4-8-26(39)21(10-17)23-11-25(28(32)35-34-23)36-13-18-5-6-19(14-36)37(18)12-16-2-1-3-20-22(16)15-38(30(20)42)24-7-9-27(40)33-29(24)41/h1-4,8,10-11,18-19,24,30,39,42H,5-7,9,12-15H2,(H2,32,35)(H,33,40,41). The Hall–Kier alpha value is -3.74. The number of imide groups is 1. The summed E-state index contributed by atoms with van der Waals surface area (Å²) in [6, 6.07) is 12.1. The number of nitrogens with two attached hydrogens (primary N) is 1. The lowest BCUT2D eigenvalue weighted by atomic mass is 10.0. The monoisotopic (exact) mass is 589 g/mol. The molecule has 4 aliphatic rings. The van der Waals surface area contributed by atoms with Crippen LogP contribution in [0.2, 0.25) is 0 Å². The average Bonchev–Trinajstić information content (AvgIpc) is 3.41. The Bertz CT molecular complexity index is 1570. The van der Waals surface area contributed by atoms with Gasteiger partial charge in [-0.2, -0.15) is 12.6 Å². The van der Waals surface area contributed by atoms with E-state index >= 15 is 0 Å². The second-order valence-electron chi connectivity index (χ2n) is 11.6. The minimum Gasteiger partial charge on any atom is -0.507 e. The summed E-state index contributed by atoms with van der Waals surface area (Å²) in [5, 5.41) is 20.8. The van der Waals surface area contributed by atoms with Gasteiger partial charge in [-0.1, -0.05) is 18.2 Å². The van der Waals surface area contributed by atoms with Gasteiger partial charge in [0, 0.05) is 50.2 Å². The number of piperazine rings is 1. The number of nitrogens with one attached hydrogen (secondary N) is 1. The lowest BCUT2D eigenvalue weighted by molar-refractivity contribution is -0.137. The number of fused-ring (bicyclic) bond motifs is 3. The summed E-state index contributed by atoms with van der Waals surface area (Å²) in [6.45, 7) is 2.93. The summed E-state index contributed by atoms with van der Waals surface area (Å²) in [7, 11) is 0. The van der Waals surface area contributed by atoms with Gasteiger partial charge >= 0.3 is 0 Å². The van der Waals surface area contributed by atoms with Crippen molar-refractivity contribution in [3.8, 4) is 17.0 Å². The molecule has 3 fully saturated rings. The van der Waals surface area contributed by atoms with Crippen molar-refractivity contribution in [2.24, 2.45) is 0 Å². The van der Waals surface area contributed by atoms with Gasteiger partial charge < -0.3 is 15.7 Å².